The van der Waals surface area contributed by atoms with Crippen molar-refractivity contribution in [1.29, 1.82) is 0 Å². The highest BCUT2D eigenvalue weighted by Crippen LogP contribution is 2.34. The van der Waals surface area contributed by atoms with Crippen molar-refractivity contribution < 1.29 is 19.1 Å². The summed E-state index contributed by atoms with van der Waals surface area (Å²) >= 11 is 0. The molecule has 1 aromatic carbocycles. The fraction of sp³-hybridized carbons (Fsp3) is 0.636. The summed E-state index contributed by atoms with van der Waals surface area (Å²) in [6, 6.07) is 9.21. The third kappa shape index (κ3) is 6.15. The normalized spacial score (nSPS) is 11.4. The molecule has 146 valence electrons. The van der Waals surface area contributed by atoms with E-state index >= 15 is 0 Å². The zero-order chi connectivity index (χ0) is 19.4. The SMILES string of the molecule is CCCCOC(=O)C(CCC(C)C)(C(=O)OCCCC)c1ccccc1. The molecule has 0 amide bonds. The van der Waals surface area contributed by atoms with Gasteiger partial charge in [0.25, 0.3) is 0 Å². The van der Waals surface area contributed by atoms with Gasteiger partial charge in [0.2, 0.25) is 0 Å². The molecule has 0 aromatic heterocycles. The number of esters is 2. The van der Waals surface area contributed by atoms with Crippen LogP contribution in [0.1, 0.15) is 71.8 Å². The van der Waals surface area contributed by atoms with Crippen molar-refractivity contribution >= 4 is 11.9 Å². The summed E-state index contributed by atoms with van der Waals surface area (Å²) in [5.74, 6) is -0.608. The fourth-order valence-electron chi connectivity index (χ4n) is 2.76. The van der Waals surface area contributed by atoms with E-state index in [0.717, 1.165) is 32.1 Å². The molecule has 0 radical (unpaired) electrons. The van der Waals surface area contributed by atoms with E-state index in [2.05, 4.69) is 13.8 Å². The molecule has 0 heterocycles. The van der Waals surface area contributed by atoms with Crippen LogP contribution in [0.4, 0.5) is 0 Å². The molecule has 0 unspecified atom stereocenters. The topological polar surface area (TPSA) is 52.6 Å². The minimum atomic E-state index is -1.38. The lowest BCUT2D eigenvalue weighted by atomic mass is 9.75. The Balaban J connectivity index is 3.22. The highest BCUT2D eigenvalue weighted by atomic mass is 16.6. The molecule has 0 spiro atoms. The molecule has 0 aliphatic heterocycles. The molecule has 26 heavy (non-hydrogen) atoms. The van der Waals surface area contributed by atoms with Crippen molar-refractivity contribution in [2.45, 2.75) is 71.6 Å². The molecule has 0 fully saturated rings. The first-order chi connectivity index (χ1) is 12.5. The van der Waals surface area contributed by atoms with E-state index in [1.165, 1.54) is 0 Å². The standard InChI is InChI=1S/C22H34O4/c1-5-7-16-25-20(23)22(15-14-18(3)4,19-12-10-9-11-13-19)21(24)26-17-8-6-2/h9-13,18H,5-8,14-17H2,1-4H3. The maximum absolute atomic E-state index is 13.1. The lowest BCUT2D eigenvalue weighted by molar-refractivity contribution is -0.166. The number of carbonyl (C=O) groups excluding carboxylic acids is 2. The second-order valence-electron chi connectivity index (χ2n) is 7.18. The minimum Gasteiger partial charge on any atom is -0.465 e. The van der Waals surface area contributed by atoms with Crippen molar-refractivity contribution in [2.24, 2.45) is 5.92 Å². The Morgan fingerprint density at radius 1 is 0.923 bits per heavy atom. The highest BCUT2D eigenvalue weighted by molar-refractivity contribution is 6.06. The van der Waals surface area contributed by atoms with Gasteiger partial charge in [-0.3, -0.25) is 9.59 Å². The van der Waals surface area contributed by atoms with Crippen LogP contribution in [0.3, 0.4) is 0 Å². The average molecular weight is 363 g/mol. The molecule has 0 saturated carbocycles. The molecule has 1 aromatic rings. The van der Waals surface area contributed by atoms with Crippen LogP contribution in [0, 0.1) is 5.92 Å². The summed E-state index contributed by atoms with van der Waals surface area (Å²) in [6.45, 7) is 8.90. The van der Waals surface area contributed by atoms with Gasteiger partial charge in [0.05, 0.1) is 13.2 Å². The van der Waals surface area contributed by atoms with Gasteiger partial charge >= 0.3 is 11.9 Å². The van der Waals surface area contributed by atoms with Gasteiger partial charge in [0.1, 0.15) is 0 Å². The van der Waals surface area contributed by atoms with Gasteiger partial charge in [-0.05, 0) is 37.2 Å². The van der Waals surface area contributed by atoms with Crippen LogP contribution in [0.2, 0.25) is 0 Å². The van der Waals surface area contributed by atoms with E-state index in [0.29, 0.717) is 31.1 Å². The summed E-state index contributed by atoms with van der Waals surface area (Å²) < 4.78 is 11.0. The molecular weight excluding hydrogens is 328 g/mol. The molecule has 4 heteroatoms. The third-order valence-electron chi connectivity index (χ3n) is 4.52. The molecule has 0 aliphatic rings. The smallest absolute Gasteiger partial charge is 0.328 e. The number of hydrogen-bond acceptors (Lipinski definition) is 4. The maximum atomic E-state index is 13.1. The highest BCUT2D eigenvalue weighted by Gasteiger charge is 2.50. The minimum absolute atomic E-state index is 0.327. The Morgan fingerprint density at radius 2 is 1.42 bits per heavy atom. The Hall–Kier alpha value is -1.84. The molecule has 4 nitrogen and oxygen atoms in total. The van der Waals surface area contributed by atoms with E-state index < -0.39 is 17.4 Å². The van der Waals surface area contributed by atoms with Crippen molar-refractivity contribution in [3.05, 3.63) is 35.9 Å². The number of ether oxygens (including phenoxy) is 2. The molecule has 0 saturated heterocycles. The second-order valence-corrected chi connectivity index (χ2v) is 7.18. The van der Waals surface area contributed by atoms with Gasteiger partial charge in [-0.15, -0.1) is 0 Å². The van der Waals surface area contributed by atoms with E-state index in [4.69, 9.17) is 9.47 Å². The number of rotatable bonds is 12. The van der Waals surface area contributed by atoms with Crippen molar-refractivity contribution in [3.63, 3.8) is 0 Å². The zero-order valence-corrected chi connectivity index (χ0v) is 16.8. The molecule has 0 atom stereocenters. The van der Waals surface area contributed by atoms with Gasteiger partial charge in [-0.25, -0.2) is 0 Å². The van der Waals surface area contributed by atoms with Crippen LogP contribution in [0.5, 0.6) is 0 Å². The first-order valence-electron chi connectivity index (χ1n) is 9.89. The summed E-state index contributed by atoms with van der Waals surface area (Å²) in [5, 5.41) is 0. The van der Waals surface area contributed by atoms with Gasteiger partial charge in [0.15, 0.2) is 5.41 Å². The fourth-order valence-corrected chi connectivity index (χ4v) is 2.76. The van der Waals surface area contributed by atoms with Crippen molar-refractivity contribution in [1.82, 2.24) is 0 Å². The van der Waals surface area contributed by atoms with E-state index in [9.17, 15) is 9.59 Å². The Morgan fingerprint density at radius 3 is 1.85 bits per heavy atom. The van der Waals surface area contributed by atoms with Crippen LogP contribution in [-0.2, 0) is 24.5 Å². The quantitative estimate of drug-likeness (QED) is 0.297. The van der Waals surface area contributed by atoms with Crippen LogP contribution in [0.15, 0.2) is 30.3 Å². The van der Waals surface area contributed by atoms with E-state index in [1.807, 2.05) is 44.2 Å². The Kier molecular flexibility index (Phi) is 10.0. The molecule has 0 N–H and O–H groups in total. The lowest BCUT2D eigenvalue weighted by Gasteiger charge is -2.30. The third-order valence-corrected chi connectivity index (χ3v) is 4.52. The summed E-state index contributed by atoms with van der Waals surface area (Å²) in [4.78, 5) is 26.2. The Bertz CT molecular complexity index is 514. The summed E-state index contributed by atoms with van der Waals surface area (Å²) in [7, 11) is 0. The van der Waals surface area contributed by atoms with Crippen molar-refractivity contribution in [3.8, 4) is 0 Å². The number of carbonyl (C=O) groups is 2. The van der Waals surface area contributed by atoms with Crippen molar-refractivity contribution in [2.75, 3.05) is 13.2 Å². The lowest BCUT2D eigenvalue weighted by Crippen LogP contribution is -2.46. The predicted molar refractivity (Wildman–Crippen MR) is 104 cm³/mol. The number of hydrogen-bond donors (Lipinski definition) is 0. The molecule has 1 rings (SSSR count). The molecule has 0 bridgehead atoms. The van der Waals surface area contributed by atoms with E-state index in [-0.39, 0.29) is 0 Å². The maximum Gasteiger partial charge on any atom is 0.328 e. The van der Waals surface area contributed by atoms with Gasteiger partial charge in [0, 0.05) is 0 Å². The van der Waals surface area contributed by atoms with Crippen LogP contribution in [0.25, 0.3) is 0 Å². The van der Waals surface area contributed by atoms with Gasteiger partial charge < -0.3 is 9.47 Å². The largest absolute Gasteiger partial charge is 0.465 e. The summed E-state index contributed by atoms with van der Waals surface area (Å²) in [5.41, 5.74) is -0.726. The first kappa shape index (κ1) is 22.2. The average Bonchev–Trinajstić information content (AvgIpc) is 2.63. The molecule has 0 aliphatic carbocycles. The van der Waals surface area contributed by atoms with Crippen LogP contribution >= 0.6 is 0 Å². The zero-order valence-electron chi connectivity index (χ0n) is 16.8. The van der Waals surface area contributed by atoms with Gasteiger partial charge in [-0.1, -0.05) is 70.9 Å². The van der Waals surface area contributed by atoms with Crippen LogP contribution in [-0.4, -0.2) is 25.2 Å². The summed E-state index contributed by atoms with van der Waals surface area (Å²) in [6.07, 6.45) is 4.56. The van der Waals surface area contributed by atoms with Gasteiger partial charge in [-0.2, -0.15) is 0 Å². The second kappa shape index (κ2) is 11.7. The Labute approximate surface area is 158 Å². The number of benzene rings is 1. The monoisotopic (exact) mass is 362 g/mol. The number of unbranched alkanes of at least 4 members (excludes halogenated alkanes) is 2. The van der Waals surface area contributed by atoms with Crippen LogP contribution < -0.4 is 0 Å². The van der Waals surface area contributed by atoms with E-state index in [1.54, 1.807) is 0 Å². The first-order valence-corrected chi connectivity index (χ1v) is 9.89. The molecular formula is C22H34O4. The predicted octanol–water partition coefficient (Wildman–Crippen LogP) is 5.05.